The van der Waals surface area contributed by atoms with Crippen molar-refractivity contribution in [2.45, 2.75) is 19.5 Å². The maximum atomic E-state index is 6.03. The van der Waals surface area contributed by atoms with Gasteiger partial charge in [-0.2, -0.15) is 0 Å². The van der Waals surface area contributed by atoms with E-state index in [9.17, 15) is 0 Å². The quantitative estimate of drug-likeness (QED) is 0.789. The van der Waals surface area contributed by atoms with E-state index in [0.717, 1.165) is 31.1 Å². The number of nitrogens with zero attached hydrogens (tertiary/aromatic N) is 1. The van der Waals surface area contributed by atoms with Crippen molar-refractivity contribution in [1.29, 1.82) is 0 Å². The van der Waals surface area contributed by atoms with Crippen LogP contribution in [0.15, 0.2) is 48.5 Å². The van der Waals surface area contributed by atoms with Crippen LogP contribution in [0.25, 0.3) is 0 Å². The van der Waals surface area contributed by atoms with E-state index in [-0.39, 0.29) is 0 Å². The molecule has 2 aromatic rings. The van der Waals surface area contributed by atoms with Gasteiger partial charge in [0.15, 0.2) is 0 Å². The summed E-state index contributed by atoms with van der Waals surface area (Å²) in [5.41, 5.74) is 4.26. The van der Waals surface area contributed by atoms with Crippen LogP contribution in [-0.4, -0.2) is 11.4 Å². The highest BCUT2D eigenvalue weighted by atomic mass is 35.5. The van der Waals surface area contributed by atoms with Crippen LogP contribution in [0.3, 0.4) is 0 Å². The van der Waals surface area contributed by atoms with Crippen LogP contribution >= 0.6 is 11.6 Å². The predicted molar refractivity (Wildman–Crippen MR) is 75.7 cm³/mol. The van der Waals surface area contributed by atoms with Crippen LogP contribution in [0.4, 0.5) is 0 Å². The Kier molecular flexibility index (Phi) is 3.35. The zero-order chi connectivity index (χ0) is 12.4. The first-order valence-corrected chi connectivity index (χ1v) is 6.73. The zero-order valence-electron chi connectivity index (χ0n) is 10.3. The van der Waals surface area contributed by atoms with Crippen molar-refractivity contribution in [3.8, 4) is 0 Å². The van der Waals surface area contributed by atoms with E-state index in [1.807, 2.05) is 12.1 Å². The van der Waals surface area contributed by atoms with Crippen LogP contribution in [-0.2, 0) is 19.5 Å². The molecule has 0 N–H and O–H groups in total. The van der Waals surface area contributed by atoms with Crippen molar-refractivity contribution in [1.82, 2.24) is 4.90 Å². The molecule has 1 aliphatic heterocycles. The largest absolute Gasteiger partial charge is 0.294 e. The molecule has 92 valence electrons. The minimum absolute atomic E-state index is 0.824. The van der Waals surface area contributed by atoms with E-state index in [1.54, 1.807) is 0 Å². The molecule has 0 fully saturated rings. The molecule has 0 atom stereocenters. The van der Waals surface area contributed by atoms with Crippen molar-refractivity contribution in [2.24, 2.45) is 0 Å². The summed E-state index contributed by atoms with van der Waals surface area (Å²) in [6.07, 6.45) is 1.15. The Morgan fingerprint density at radius 1 is 1.00 bits per heavy atom. The molecule has 0 saturated carbocycles. The van der Waals surface area contributed by atoms with Gasteiger partial charge in [0.25, 0.3) is 0 Å². The summed E-state index contributed by atoms with van der Waals surface area (Å²) < 4.78 is 0. The molecule has 0 spiro atoms. The first-order valence-electron chi connectivity index (χ1n) is 6.35. The highest BCUT2D eigenvalue weighted by molar-refractivity contribution is 6.30. The van der Waals surface area contributed by atoms with Crippen LogP contribution in [0.5, 0.6) is 0 Å². The van der Waals surface area contributed by atoms with E-state index in [0.29, 0.717) is 0 Å². The Morgan fingerprint density at radius 2 is 1.83 bits per heavy atom. The van der Waals surface area contributed by atoms with Gasteiger partial charge in [-0.1, -0.05) is 48.0 Å². The van der Waals surface area contributed by atoms with Gasteiger partial charge in [-0.3, -0.25) is 4.90 Å². The first-order chi connectivity index (χ1) is 8.81. The van der Waals surface area contributed by atoms with E-state index in [2.05, 4.69) is 41.3 Å². The summed E-state index contributed by atoms with van der Waals surface area (Å²) in [5, 5.41) is 0.824. The van der Waals surface area contributed by atoms with Gasteiger partial charge in [0, 0.05) is 24.7 Å². The summed E-state index contributed by atoms with van der Waals surface area (Å²) in [4.78, 5) is 2.48. The molecule has 1 heterocycles. The maximum absolute atomic E-state index is 6.03. The molecule has 0 aromatic heterocycles. The molecule has 0 unspecified atom stereocenters. The molecule has 1 aliphatic rings. The first kappa shape index (κ1) is 11.8. The molecule has 0 aliphatic carbocycles. The average Bonchev–Trinajstić information content (AvgIpc) is 2.39. The third-order valence-corrected chi connectivity index (χ3v) is 3.74. The van der Waals surface area contributed by atoms with Crippen LogP contribution < -0.4 is 0 Å². The minimum Gasteiger partial charge on any atom is -0.294 e. The molecular formula is C16H16ClN. The highest BCUT2D eigenvalue weighted by Crippen LogP contribution is 2.21. The van der Waals surface area contributed by atoms with Gasteiger partial charge < -0.3 is 0 Å². The number of rotatable bonds is 2. The lowest BCUT2D eigenvalue weighted by atomic mass is 9.99. The lowest BCUT2D eigenvalue weighted by Gasteiger charge is -2.28. The van der Waals surface area contributed by atoms with E-state index in [4.69, 9.17) is 11.6 Å². The Bertz CT molecular complexity index is 550. The topological polar surface area (TPSA) is 3.24 Å². The standard InChI is InChI=1S/C16H16ClN/c17-16-7-3-4-13(10-16)11-18-9-8-14-5-1-2-6-15(14)12-18/h1-7,10H,8-9,11-12H2. The van der Waals surface area contributed by atoms with Crippen molar-refractivity contribution in [2.75, 3.05) is 6.54 Å². The summed E-state index contributed by atoms with van der Waals surface area (Å²) >= 11 is 6.03. The summed E-state index contributed by atoms with van der Waals surface area (Å²) in [6.45, 7) is 3.15. The number of hydrogen-bond donors (Lipinski definition) is 0. The van der Waals surface area contributed by atoms with Gasteiger partial charge in [0.05, 0.1) is 0 Å². The molecule has 0 amide bonds. The number of fused-ring (bicyclic) bond motifs is 1. The second-order valence-electron chi connectivity index (χ2n) is 4.86. The summed E-state index contributed by atoms with van der Waals surface area (Å²) in [7, 11) is 0. The van der Waals surface area contributed by atoms with E-state index >= 15 is 0 Å². The fourth-order valence-corrected chi connectivity index (χ4v) is 2.80. The van der Waals surface area contributed by atoms with Crippen molar-refractivity contribution < 1.29 is 0 Å². The van der Waals surface area contributed by atoms with Gasteiger partial charge in [0.2, 0.25) is 0 Å². The normalized spacial score (nSPS) is 15.4. The summed E-state index contributed by atoms with van der Waals surface area (Å²) in [6, 6.07) is 16.9. The Hall–Kier alpha value is -1.31. The maximum Gasteiger partial charge on any atom is 0.0409 e. The summed E-state index contributed by atoms with van der Waals surface area (Å²) in [5.74, 6) is 0. The van der Waals surface area contributed by atoms with Gasteiger partial charge in [0.1, 0.15) is 0 Å². The second-order valence-corrected chi connectivity index (χ2v) is 5.30. The highest BCUT2D eigenvalue weighted by Gasteiger charge is 2.15. The SMILES string of the molecule is Clc1cccc(CN2CCc3ccccc3C2)c1. The van der Waals surface area contributed by atoms with Crippen molar-refractivity contribution in [3.05, 3.63) is 70.2 Å². The number of halogens is 1. The average molecular weight is 258 g/mol. The van der Waals surface area contributed by atoms with E-state index < -0.39 is 0 Å². The molecule has 2 heteroatoms. The monoisotopic (exact) mass is 257 g/mol. The van der Waals surface area contributed by atoms with Crippen molar-refractivity contribution >= 4 is 11.6 Å². The second kappa shape index (κ2) is 5.13. The van der Waals surface area contributed by atoms with Gasteiger partial charge in [-0.15, -0.1) is 0 Å². The molecule has 3 rings (SSSR count). The van der Waals surface area contributed by atoms with Crippen LogP contribution in [0.2, 0.25) is 5.02 Å². The third kappa shape index (κ3) is 2.58. The Morgan fingerprint density at radius 3 is 2.67 bits per heavy atom. The molecule has 2 aromatic carbocycles. The Balaban J connectivity index is 1.73. The Labute approximate surface area is 113 Å². The predicted octanol–water partition coefficient (Wildman–Crippen LogP) is 3.90. The van der Waals surface area contributed by atoms with Crippen LogP contribution in [0, 0.1) is 0 Å². The lowest BCUT2D eigenvalue weighted by molar-refractivity contribution is 0.245. The molecule has 0 bridgehead atoms. The van der Waals surface area contributed by atoms with Crippen LogP contribution in [0.1, 0.15) is 16.7 Å². The fourth-order valence-electron chi connectivity index (χ4n) is 2.58. The third-order valence-electron chi connectivity index (χ3n) is 3.50. The minimum atomic E-state index is 0.824. The van der Waals surface area contributed by atoms with Gasteiger partial charge in [-0.05, 0) is 35.2 Å². The smallest absolute Gasteiger partial charge is 0.0409 e. The molecule has 0 radical (unpaired) electrons. The lowest BCUT2D eigenvalue weighted by Crippen LogP contribution is -2.29. The molecular weight excluding hydrogens is 242 g/mol. The van der Waals surface area contributed by atoms with Crippen molar-refractivity contribution in [3.63, 3.8) is 0 Å². The van der Waals surface area contributed by atoms with Gasteiger partial charge in [-0.25, -0.2) is 0 Å². The molecule has 18 heavy (non-hydrogen) atoms. The van der Waals surface area contributed by atoms with E-state index in [1.165, 1.54) is 16.7 Å². The number of benzene rings is 2. The zero-order valence-corrected chi connectivity index (χ0v) is 11.0. The molecule has 1 nitrogen and oxygen atoms in total. The van der Waals surface area contributed by atoms with Gasteiger partial charge >= 0.3 is 0 Å². The fraction of sp³-hybridized carbons (Fsp3) is 0.250. The molecule has 0 saturated heterocycles. The number of hydrogen-bond acceptors (Lipinski definition) is 1.